The molecule has 10 heteroatoms. The van der Waals surface area contributed by atoms with Gasteiger partial charge in [0.25, 0.3) is 21.6 Å². The fourth-order valence-corrected chi connectivity index (χ4v) is 3.66. The quantitative estimate of drug-likeness (QED) is 0.558. The molecule has 0 radical (unpaired) electrons. The summed E-state index contributed by atoms with van der Waals surface area (Å²) < 4.78 is 39.3. The minimum atomic E-state index is -3.66. The van der Waals surface area contributed by atoms with Crippen molar-refractivity contribution in [1.29, 1.82) is 0 Å². The zero-order valence-electron chi connectivity index (χ0n) is 18.7. The van der Waals surface area contributed by atoms with Crippen molar-refractivity contribution in [3.63, 3.8) is 0 Å². The van der Waals surface area contributed by atoms with Gasteiger partial charge in [-0.05, 0) is 45.4 Å². The van der Waals surface area contributed by atoms with Crippen LogP contribution in [0.25, 0.3) is 10.9 Å². The number of aromatic amines is 1. The van der Waals surface area contributed by atoms with Crippen molar-refractivity contribution >= 4 is 26.9 Å². The Labute approximate surface area is 182 Å². The molecule has 0 spiro atoms. The van der Waals surface area contributed by atoms with Crippen molar-refractivity contribution < 1.29 is 26.9 Å². The minimum Gasteiger partial charge on any atom is -0.493 e. The van der Waals surface area contributed by atoms with Gasteiger partial charge in [-0.2, -0.15) is 8.42 Å². The molecule has 2 N–H and O–H groups in total. The second-order valence-corrected chi connectivity index (χ2v) is 9.90. The Morgan fingerprint density at radius 1 is 1.26 bits per heavy atom. The smallest absolute Gasteiger partial charge is 0.264 e. The van der Waals surface area contributed by atoms with E-state index in [4.69, 9.17) is 13.7 Å². The molecule has 1 aromatic heterocycles. The maximum Gasteiger partial charge on any atom is 0.264 e. The predicted molar refractivity (Wildman–Crippen MR) is 118 cm³/mol. The van der Waals surface area contributed by atoms with Gasteiger partial charge >= 0.3 is 0 Å². The van der Waals surface area contributed by atoms with Crippen molar-refractivity contribution in [2.24, 2.45) is 0 Å². The van der Waals surface area contributed by atoms with E-state index in [1.807, 2.05) is 27.7 Å². The molecule has 0 fully saturated rings. The first-order valence-corrected chi connectivity index (χ1v) is 11.7. The molecule has 9 nitrogen and oxygen atoms in total. The molecular formula is C21H30N2O7S. The van der Waals surface area contributed by atoms with Gasteiger partial charge in [-0.15, -0.1) is 0 Å². The standard InChI is InChI=1S/C21H30N2O7S/c1-7-8-14(30-31(6,26)27)12-29-18-16(28-5)10-9-13-11-15(19(24)22-17(13)18)20(25)23-21(2,3)4/h9-11,14H,7-8,12H2,1-6H3,(H,22,24)(H,23,25). The number of carbonyl (C=O) groups excluding carboxylic acids is 1. The van der Waals surface area contributed by atoms with Gasteiger partial charge in [-0.3, -0.25) is 13.8 Å². The first-order chi connectivity index (χ1) is 14.3. The normalized spacial score (nSPS) is 13.1. The molecule has 0 aliphatic rings. The zero-order chi connectivity index (χ0) is 23.4. The monoisotopic (exact) mass is 454 g/mol. The lowest BCUT2D eigenvalue weighted by Gasteiger charge is -2.21. The van der Waals surface area contributed by atoms with Crippen LogP contribution in [0.2, 0.25) is 0 Å². The number of aromatic nitrogens is 1. The molecule has 0 saturated carbocycles. The molecule has 1 heterocycles. The second kappa shape index (κ2) is 9.69. The van der Waals surface area contributed by atoms with E-state index in [9.17, 15) is 18.0 Å². The summed E-state index contributed by atoms with van der Waals surface area (Å²) in [6.45, 7) is 7.30. The molecule has 172 valence electrons. The highest BCUT2D eigenvalue weighted by Crippen LogP contribution is 2.34. The van der Waals surface area contributed by atoms with E-state index >= 15 is 0 Å². The van der Waals surface area contributed by atoms with E-state index < -0.39 is 33.2 Å². The van der Waals surface area contributed by atoms with E-state index in [0.717, 1.165) is 6.26 Å². The highest BCUT2D eigenvalue weighted by molar-refractivity contribution is 7.86. The van der Waals surface area contributed by atoms with Crippen molar-refractivity contribution in [3.8, 4) is 11.5 Å². The van der Waals surface area contributed by atoms with Crippen LogP contribution in [0.5, 0.6) is 11.5 Å². The summed E-state index contributed by atoms with van der Waals surface area (Å²) in [5.41, 5.74) is -0.764. The average molecular weight is 455 g/mol. The first-order valence-electron chi connectivity index (χ1n) is 9.92. The molecule has 2 aromatic rings. The number of benzene rings is 1. The van der Waals surface area contributed by atoms with Crippen LogP contribution in [0.1, 0.15) is 50.9 Å². The number of rotatable bonds is 9. The Hall–Kier alpha value is -2.59. The van der Waals surface area contributed by atoms with Crippen molar-refractivity contribution in [1.82, 2.24) is 10.3 Å². The Morgan fingerprint density at radius 3 is 2.48 bits per heavy atom. The molecule has 1 atom stereocenters. The fraction of sp³-hybridized carbons (Fsp3) is 0.524. The summed E-state index contributed by atoms with van der Waals surface area (Å²) in [5, 5.41) is 3.33. The topological polar surface area (TPSA) is 124 Å². The van der Waals surface area contributed by atoms with Crippen LogP contribution in [0.4, 0.5) is 0 Å². The Morgan fingerprint density at radius 2 is 1.94 bits per heavy atom. The second-order valence-electron chi connectivity index (χ2n) is 8.30. The molecule has 0 aliphatic carbocycles. The summed E-state index contributed by atoms with van der Waals surface area (Å²) in [6, 6.07) is 4.83. The molecule has 0 aliphatic heterocycles. The lowest BCUT2D eigenvalue weighted by atomic mass is 10.1. The first kappa shape index (κ1) is 24.7. The maximum atomic E-state index is 12.6. The third-order valence-corrected chi connectivity index (χ3v) is 4.85. The Kier molecular flexibility index (Phi) is 7.72. The van der Waals surface area contributed by atoms with Crippen LogP contribution in [0.15, 0.2) is 23.0 Å². The lowest BCUT2D eigenvalue weighted by molar-refractivity contribution is 0.0918. The number of pyridine rings is 1. The van der Waals surface area contributed by atoms with E-state index in [1.54, 1.807) is 12.1 Å². The molecule has 1 unspecified atom stereocenters. The van der Waals surface area contributed by atoms with Crippen LogP contribution in [0, 0.1) is 0 Å². The number of nitrogens with one attached hydrogen (secondary N) is 2. The van der Waals surface area contributed by atoms with Crippen molar-refractivity contribution in [3.05, 3.63) is 34.1 Å². The number of fused-ring (bicyclic) bond motifs is 1. The largest absolute Gasteiger partial charge is 0.493 e. The molecule has 2 rings (SSSR count). The van der Waals surface area contributed by atoms with Gasteiger partial charge < -0.3 is 19.8 Å². The van der Waals surface area contributed by atoms with Gasteiger partial charge in [-0.1, -0.05) is 13.3 Å². The molecule has 0 saturated heterocycles. The summed E-state index contributed by atoms with van der Waals surface area (Å²) in [7, 11) is -2.21. The fourth-order valence-electron chi connectivity index (χ4n) is 3.02. The number of methoxy groups -OCH3 is 1. The average Bonchev–Trinajstić information content (AvgIpc) is 2.62. The molecule has 1 amide bonds. The van der Waals surface area contributed by atoms with E-state index in [0.29, 0.717) is 29.5 Å². The highest BCUT2D eigenvalue weighted by atomic mass is 32.2. The summed E-state index contributed by atoms with van der Waals surface area (Å²) in [6.07, 6.45) is 1.45. The number of amides is 1. The van der Waals surface area contributed by atoms with Crippen LogP contribution in [0.3, 0.4) is 0 Å². The van der Waals surface area contributed by atoms with E-state index in [2.05, 4.69) is 10.3 Å². The van der Waals surface area contributed by atoms with Gasteiger partial charge in [0.2, 0.25) is 0 Å². The number of H-pyrrole nitrogens is 1. The summed E-state index contributed by atoms with van der Waals surface area (Å²) >= 11 is 0. The lowest BCUT2D eigenvalue weighted by Crippen LogP contribution is -2.42. The SMILES string of the molecule is CCCC(COc1c(OC)ccc2cc(C(=O)NC(C)(C)C)c(=O)[nH]c12)OS(C)(=O)=O. The summed E-state index contributed by atoms with van der Waals surface area (Å²) in [4.78, 5) is 27.8. The van der Waals surface area contributed by atoms with Gasteiger partial charge in [0, 0.05) is 10.9 Å². The molecule has 1 aromatic carbocycles. The van der Waals surface area contributed by atoms with Crippen molar-refractivity contribution in [2.45, 2.75) is 52.2 Å². The molecule has 0 bridgehead atoms. The zero-order valence-corrected chi connectivity index (χ0v) is 19.5. The highest BCUT2D eigenvalue weighted by Gasteiger charge is 2.22. The predicted octanol–water partition coefficient (Wildman–Crippen LogP) is 2.59. The summed E-state index contributed by atoms with van der Waals surface area (Å²) in [5.74, 6) is 0.0984. The van der Waals surface area contributed by atoms with Crippen molar-refractivity contribution in [2.75, 3.05) is 20.0 Å². The van der Waals surface area contributed by atoms with Crippen LogP contribution >= 0.6 is 0 Å². The third kappa shape index (κ3) is 6.96. The van der Waals surface area contributed by atoms with Gasteiger partial charge in [0.1, 0.15) is 18.3 Å². The minimum absolute atomic E-state index is 0.0252. The van der Waals surface area contributed by atoms with Gasteiger partial charge in [-0.25, -0.2) is 0 Å². The van der Waals surface area contributed by atoms with Crippen LogP contribution < -0.4 is 20.3 Å². The Balaban J connectivity index is 2.44. The molecule has 31 heavy (non-hydrogen) atoms. The third-order valence-electron chi connectivity index (χ3n) is 4.22. The van der Waals surface area contributed by atoms with Gasteiger partial charge in [0.05, 0.1) is 18.9 Å². The Bertz CT molecular complexity index is 1100. The van der Waals surface area contributed by atoms with Crippen LogP contribution in [-0.4, -0.2) is 50.9 Å². The number of carbonyl (C=O) groups is 1. The molecular weight excluding hydrogens is 424 g/mol. The number of hydrogen-bond donors (Lipinski definition) is 2. The maximum absolute atomic E-state index is 12.6. The van der Waals surface area contributed by atoms with Gasteiger partial charge in [0.15, 0.2) is 11.5 Å². The van der Waals surface area contributed by atoms with Crippen LogP contribution in [-0.2, 0) is 14.3 Å². The van der Waals surface area contributed by atoms with E-state index in [1.165, 1.54) is 13.2 Å². The van der Waals surface area contributed by atoms with E-state index in [-0.39, 0.29) is 17.9 Å². The number of hydrogen-bond acceptors (Lipinski definition) is 7. The number of ether oxygens (including phenoxy) is 2.